The number of nitrogen functional groups attached to an aromatic ring is 1. The van der Waals surface area contributed by atoms with Gasteiger partial charge in [0.25, 0.3) is 11.9 Å². The Morgan fingerprint density at radius 3 is 2.72 bits per heavy atom. The number of oxazole rings is 1. The Morgan fingerprint density at radius 2 is 2.17 bits per heavy atom. The van der Waals surface area contributed by atoms with Crippen LogP contribution in [0.1, 0.15) is 22.1 Å². The summed E-state index contributed by atoms with van der Waals surface area (Å²) in [6.45, 7) is -0.205. The molecule has 0 aliphatic rings. The molecule has 0 spiro atoms. The number of aliphatic hydroxyl groups excluding tert-OH is 1. The summed E-state index contributed by atoms with van der Waals surface area (Å²) < 4.78 is 4.75. The van der Waals surface area contributed by atoms with E-state index in [2.05, 4.69) is 10.3 Å². The summed E-state index contributed by atoms with van der Waals surface area (Å²) in [4.78, 5) is 15.5. The maximum Gasteiger partial charge on any atom is 0.292 e. The van der Waals surface area contributed by atoms with Gasteiger partial charge in [0.1, 0.15) is 6.26 Å². The third-order valence-electron chi connectivity index (χ3n) is 2.44. The van der Waals surface area contributed by atoms with E-state index in [0.717, 1.165) is 5.56 Å². The average Bonchev–Trinajstić information content (AvgIpc) is 2.83. The number of nitrogens with zero attached hydrogens (tertiary/aromatic N) is 1. The monoisotopic (exact) mass is 247 g/mol. The van der Waals surface area contributed by atoms with Crippen molar-refractivity contribution >= 4 is 11.9 Å². The van der Waals surface area contributed by atoms with Gasteiger partial charge in [-0.3, -0.25) is 4.79 Å². The van der Waals surface area contributed by atoms with E-state index < -0.39 is 11.9 Å². The molecule has 1 amide bonds. The molecule has 6 nitrogen and oxygen atoms in total. The molecule has 1 atom stereocenters. The molecule has 1 aromatic heterocycles. The number of nitrogens with two attached hydrogens (primary N) is 1. The van der Waals surface area contributed by atoms with Gasteiger partial charge in [-0.1, -0.05) is 30.3 Å². The van der Waals surface area contributed by atoms with Crippen molar-refractivity contribution in [1.29, 1.82) is 0 Å². The quantitative estimate of drug-likeness (QED) is 0.739. The molecule has 1 aromatic carbocycles. The molecule has 0 unspecified atom stereocenters. The second-order valence-electron chi connectivity index (χ2n) is 3.69. The van der Waals surface area contributed by atoms with Crippen LogP contribution in [0.25, 0.3) is 0 Å². The van der Waals surface area contributed by atoms with Gasteiger partial charge in [0, 0.05) is 0 Å². The minimum absolute atomic E-state index is 0.0691. The van der Waals surface area contributed by atoms with E-state index in [1.54, 1.807) is 0 Å². The Hall–Kier alpha value is -2.34. The van der Waals surface area contributed by atoms with Crippen LogP contribution in [0, 0.1) is 0 Å². The fourth-order valence-electron chi connectivity index (χ4n) is 1.54. The third kappa shape index (κ3) is 2.67. The predicted octanol–water partition coefficient (Wildman–Crippen LogP) is 0.720. The Balaban J connectivity index is 2.10. The smallest absolute Gasteiger partial charge is 0.292 e. The largest absolute Gasteiger partial charge is 0.431 e. The summed E-state index contributed by atoms with van der Waals surface area (Å²) in [6.07, 6.45) is 1.17. The number of hydrogen-bond acceptors (Lipinski definition) is 5. The van der Waals surface area contributed by atoms with Crippen LogP contribution in [-0.4, -0.2) is 22.6 Å². The van der Waals surface area contributed by atoms with E-state index >= 15 is 0 Å². The molecule has 1 heterocycles. The van der Waals surface area contributed by atoms with Crippen LogP contribution in [0.15, 0.2) is 41.0 Å². The van der Waals surface area contributed by atoms with Gasteiger partial charge >= 0.3 is 0 Å². The fraction of sp³-hybridized carbons (Fsp3) is 0.167. The number of aliphatic hydroxyl groups is 1. The summed E-state index contributed by atoms with van der Waals surface area (Å²) >= 11 is 0. The topological polar surface area (TPSA) is 101 Å². The molecule has 4 N–H and O–H groups in total. The predicted molar refractivity (Wildman–Crippen MR) is 64.7 cm³/mol. The van der Waals surface area contributed by atoms with Crippen LogP contribution >= 0.6 is 0 Å². The van der Waals surface area contributed by atoms with E-state index in [4.69, 9.17) is 10.2 Å². The molecule has 0 saturated carbocycles. The highest BCUT2D eigenvalue weighted by Gasteiger charge is 2.17. The van der Waals surface area contributed by atoms with Gasteiger partial charge < -0.3 is 20.6 Å². The average molecular weight is 247 g/mol. The van der Waals surface area contributed by atoms with Crippen LogP contribution < -0.4 is 11.1 Å². The first kappa shape index (κ1) is 12.1. The van der Waals surface area contributed by atoms with Crippen LogP contribution in [0.5, 0.6) is 0 Å². The lowest BCUT2D eigenvalue weighted by molar-refractivity contribution is 0.0911. The first-order valence-electron chi connectivity index (χ1n) is 5.38. The van der Waals surface area contributed by atoms with E-state index in [1.807, 2.05) is 30.3 Å². The number of amides is 1. The maximum atomic E-state index is 11.8. The lowest BCUT2D eigenvalue weighted by Crippen LogP contribution is -2.31. The van der Waals surface area contributed by atoms with Crippen molar-refractivity contribution in [3.63, 3.8) is 0 Å². The van der Waals surface area contributed by atoms with Crippen molar-refractivity contribution < 1.29 is 14.3 Å². The third-order valence-corrected chi connectivity index (χ3v) is 2.44. The highest BCUT2D eigenvalue weighted by molar-refractivity contribution is 5.92. The van der Waals surface area contributed by atoms with Crippen molar-refractivity contribution in [2.24, 2.45) is 0 Å². The van der Waals surface area contributed by atoms with E-state index in [9.17, 15) is 9.90 Å². The first-order chi connectivity index (χ1) is 8.70. The van der Waals surface area contributed by atoms with Crippen LogP contribution in [0.2, 0.25) is 0 Å². The number of hydrogen-bond donors (Lipinski definition) is 3. The molecule has 0 saturated heterocycles. The van der Waals surface area contributed by atoms with Gasteiger partial charge in [-0.2, -0.15) is 4.98 Å². The maximum absolute atomic E-state index is 11.8. The van der Waals surface area contributed by atoms with Crippen molar-refractivity contribution in [2.75, 3.05) is 12.3 Å². The number of benzene rings is 1. The molecule has 0 fully saturated rings. The second kappa shape index (κ2) is 5.33. The van der Waals surface area contributed by atoms with Crippen molar-refractivity contribution in [2.45, 2.75) is 6.04 Å². The highest BCUT2D eigenvalue weighted by atomic mass is 16.4. The molecule has 0 aliphatic carbocycles. The zero-order valence-electron chi connectivity index (χ0n) is 9.54. The lowest BCUT2D eigenvalue weighted by Gasteiger charge is -2.15. The fourth-order valence-corrected chi connectivity index (χ4v) is 1.54. The zero-order valence-corrected chi connectivity index (χ0v) is 9.54. The number of aromatic nitrogens is 1. The van der Waals surface area contributed by atoms with Gasteiger partial charge in [-0.25, -0.2) is 0 Å². The highest BCUT2D eigenvalue weighted by Crippen LogP contribution is 2.13. The Labute approximate surface area is 103 Å². The molecule has 6 heteroatoms. The van der Waals surface area contributed by atoms with Crippen LogP contribution in [-0.2, 0) is 0 Å². The number of carbonyl (C=O) groups excluding carboxylic acids is 1. The van der Waals surface area contributed by atoms with Gasteiger partial charge in [-0.15, -0.1) is 0 Å². The number of nitrogens with one attached hydrogen (secondary N) is 1. The van der Waals surface area contributed by atoms with Gasteiger partial charge in [0.15, 0.2) is 5.69 Å². The van der Waals surface area contributed by atoms with E-state index in [1.165, 1.54) is 6.26 Å². The molecule has 2 rings (SSSR count). The van der Waals surface area contributed by atoms with Crippen LogP contribution in [0.3, 0.4) is 0 Å². The Bertz CT molecular complexity index is 524. The SMILES string of the molecule is Nc1nc(C(=O)N[C@@H](CO)c2ccccc2)co1. The number of carbonyl (C=O) groups is 1. The van der Waals surface area contributed by atoms with Crippen molar-refractivity contribution in [3.8, 4) is 0 Å². The zero-order chi connectivity index (χ0) is 13.0. The number of rotatable bonds is 4. The summed E-state index contributed by atoms with van der Waals surface area (Å²) in [5.41, 5.74) is 6.18. The standard InChI is InChI=1S/C12H13N3O3/c13-12-15-10(7-18-12)11(17)14-9(6-16)8-4-2-1-3-5-8/h1-5,7,9,16H,6H2,(H2,13,15)(H,14,17)/t9-/m0/s1. The van der Waals surface area contributed by atoms with Crippen LogP contribution in [0.4, 0.5) is 6.01 Å². The molecule has 2 aromatic rings. The molecule has 0 bridgehead atoms. The van der Waals surface area contributed by atoms with Crippen molar-refractivity contribution in [1.82, 2.24) is 10.3 Å². The Kier molecular flexibility index (Phi) is 3.59. The minimum Gasteiger partial charge on any atom is -0.431 e. The lowest BCUT2D eigenvalue weighted by atomic mass is 10.1. The molecule has 18 heavy (non-hydrogen) atoms. The molecular weight excluding hydrogens is 234 g/mol. The van der Waals surface area contributed by atoms with Crippen molar-refractivity contribution in [3.05, 3.63) is 47.9 Å². The molecule has 0 aliphatic heterocycles. The molecular formula is C12H13N3O3. The second-order valence-corrected chi connectivity index (χ2v) is 3.69. The van der Waals surface area contributed by atoms with E-state index in [0.29, 0.717) is 0 Å². The summed E-state index contributed by atoms with van der Waals surface area (Å²) in [7, 11) is 0. The molecule has 94 valence electrons. The minimum atomic E-state index is -0.489. The van der Waals surface area contributed by atoms with Gasteiger partial charge in [0.2, 0.25) is 0 Å². The van der Waals surface area contributed by atoms with Gasteiger partial charge in [0.05, 0.1) is 12.6 Å². The summed E-state index contributed by atoms with van der Waals surface area (Å²) in [6, 6.07) is 8.60. The number of anilines is 1. The summed E-state index contributed by atoms with van der Waals surface area (Å²) in [5, 5.41) is 11.9. The normalized spacial score (nSPS) is 12.1. The van der Waals surface area contributed by atoms with E-state index in [-0.39, 0.29) is 18.3 Å². The van der Waals surface area contributed by atoms with Gasteiger partial charge in [-0.05, 0) is 5.56 Å². The molecule has 0 radical (unpaired) electrons. The Morgan fingerprint density at radius 1 is 1.44 bits per heavy atom. The summed E-state index contributed by atoms with van der Waals surface area (Å²) in [5.74, 6) is -0.446. The first-order valence-corrected chi connectivity index (χ1v) is 5.38.